The van der Waals surface area contributed by atoms with Gasteiger partial charge in [0.05, 0.1) is 18.0 Å². The minimum absolute atomic E-state index is 0.0755. The van der Waals surface area contributed by atoms with E-state index in [0.717, 1.165) is 18.5 Å². The SMILES string of the molecule is OC1CCC(n2c(Nc3ccccc3F)nc3cnc(Nc4cccc(Cl)c4)nc32)CC1. The van der Waals surface area contributed by atoms with Gasteiger partial charge in [0, 0.05) is 16.8 Å². The second kappa shape index (κ2) is 8.72. The number of imidazole rings is 1. The van der Waals surface area contributed by atoms with Crippen LogP contribution in [0.5, 0.6) is 0 Å². The van der Waals surface area contributed by atoms with Crippen molar-refractivity contribution in [2.75, 3.05) is 10.6 Å². The zero-order valence-corrected chi connectivity index (χ0v) is 17.9. The van der Waals surface area contributed by atoms with Crippen molar-refractivity contribution >= 4 is 46.0 Å². The number of rotatable bonds is 5. The minimum atomic E-state index is -0.362. The summed E-state index contributed by atoms with van der Waals surface area (Å²) >= 11 is 6.08. The number of hydrogen-bond donors (Lipinski definition) is 3. The van der Waals surface area contributed by atoms with Crippen molar-refractivity contribution in [2.24, 2.45) is 0 Å². The molecule has 2 aromatic heterocycles. The van der Waals surface area contributed by atoms with E-state index in [1.807, 2.05) is 16.7 Å². The average Bonchev–Trinajstić information content (AvgIpc) is 3.13. The summed E-state index contributed by atoms with van der Waals surface area (Å²) in [5, 5.41) is 16.9. The first-order chi connectivity index (χ1) is 15.6. The Morgan fingerprint density at radius 3 is 2.59 bits per heavy atom. The molecular weight excluding hydrogens is 431 g/mol. The van der Waals surface area contributed by atoms with Crippen LogP contribution in [0.3, 0.4) is 0 Å². The summed E-state index contributed by atoms with van der Waals surface area (Å²) in [7, 11) is 0. The van der Waals surface area contributed by atoms with Crippen molar-refractivity contribution in [2.45, 2.75) is 37.8 Å². The van der Waals surface area contributed by atoms with Gasteiger partial charge in [-0.15, -0.1) is 0 Å². The third-order valence-electron chi connectivity index (χ3n) is 5.67. The molecule has 1 saturated carbocycles. The molecular formula is C23H22ClFN6O. The predicted molar refractivity (Wildman–Crippen MR) is 123 cm³/mol. The fourth-order valence-corrected chi connectivity index (χ4v) is 4.27. The van der Waals surface area contributed by atoms with Crippen LogP contribution in [0.25, 0.3) is 11.2 Å². The first-order valence-corrected chi connectivity index (χ1v) is 10.9. The van der Waals surface area contributed by atoms with Crippen molar-refractivity contribution < 1.29 is 9.50 Å². The van der Waals surface area contributed by atoms with E-state index >= 15 is 0 Å². The van der Waals surface area contributed by atoms with Gasteiger partial charge in [-0.3, -0.25) is 4.57 Å². The van der Waals surface area contributed by atoms with Crippen LogP contribution in [0.15, 0.2) is 54.7 Å². The number of fused-ring (bicyclic) bond motifs is 1. The number of anilines is 4. The highest BCUT2D eigenvalue weighted by Crippen LogP contribution is 2.35. The summed E-state index contributed by atoms with van der Waals surface area (Å²) in [5.74, 6) is 0.550. The number of aliphatic hydroxyl groups is 1. The van der Waals surface area contributed by atoms with Gasteiger partial charge in [0.15, 0.2) is 5.65 Å². The highest BCUT2D eigenvalue weighted by atomic mass is 35.5. The monoisotopic (exact) mass is 452 g/mol. The van der Waals surface area contributed by atoms with Gasteiger partial charge in [0.1, 0.15) is 11.3 Å². The van der Waals surface area contributed by atoms with Crippen LogP contribution in [-0.4, -0.2) is 30.7 Å². The molecule has 4 aromatic rings. The summed E-state index contributed by atoms with van der Waals surface area (Å²) in [6, 6.07) is 13.9. The first kappa shape index (κ1) is 20.7. The molecule has 2 aromatic carbocycles. The average molecular weight is 453 g/mol. The topological polar surface area (TPSA) is 87.9 Å². The second-order valence-electron chi connectivity index (χ2n) is 7.91. The largest absolute Gasteiger partial charge is 0.393 e. The molecule has 7 nitrogen and oxygen atoms in total. The van der Waals surface area contributed by atoms with Crippen LogP contribution in [0.2, 0.25) is 5.02 Å². The molecule has 32 heavy (non-hydrogen) atoms. The van der Waals surface area contributed by atoms with Crippen molar-refractivity contribution in [3.8, 4) is 0 Å². The van der Waals surface area contributed by atoms with E-state index in [9.17, 15) is 9.50 Å². The van der Waals surface area contributed by atoms with Crippen molar-refractivity contribution in [1.82, 2.24) is 19.5 Å². The Bertz CT molecular complexity index is 1250. The number of benzene rings is 2. The standard InChI is InChI=1S/C23H22ClFN6O/c24-14-4-3-5-15(12-14)27-22-26-13-20-21(30-22)31(16-8-10-17(32)11-9-16)23(29-20)28-19-7-2-1-6-18(19)25/h1-7,12-13,16-17,32H,8-11H2,(H,28,29)(H,26,27,30). The molecule has 3 N–H and O–H groups in total. The van der Waals surface area contributed by atoms with Gasteiger partial charge in [0.2, 0.25) is 11.9 Å². The third kappa shape index (κ3) is 4.24. The Morgan fingerprint density at radius 2 is 1.81 bits per heavy atom. The van der Waals surface area contributed by atoms with Crippen LogP contribution in [0.4, 0.5) is 27.7 Å². The highest BCUT2D eigenvalue weighted by molar-refractivity contribution is 6.30. The highest BCUT2D eigenvalue weighted by Gasteiger charge is 2.26. The van der Waals surface area contributed by atoms with Gasteiger partial charge < -0.3 is 15.7 Å². The van der Waals surface area contributed by atoms with E-state index in [1.54, 1.807) is 36.5 Å². The van der Waals surface area contributed by atoms with Crippen molar-refractivity contribution in [3.05, 3.63) is 65.6 Å². The molecule has 5 rings (SSSR count). The third-order valence-corrected chi connectivity index (χ3v) is 5.90. The zero-order valence-electron chi connectivity index (χ0n) is 17.2. The lowest BCUT2D eigenvalue weighted by atomic mass is 9.93. The summed E-state index contributed by atoms with van der Waals surface area (Å²) < 4.78 is 16.3. The maximum atomic E-state index is 14.3. The molecule has 0 radical (unpaired) electrons. The lowest BCUT2D eigenvalue weighted by molar-refractivity contribution is 0.112. The zero-order chi connectivity index (χ0) is 22.1. The Labute approximate surface area is 189 Å². The number of halogens is 2. The molecule has 0 unspecified atom stereocenters. The van der Waals surface area contributed by atoms with Gasteiger partial charge in [0.25, 0.3) is 0 Å². The first-order valence-electron chi connectivity index (χ1n) is 10.5. The summed E-state index contributed by atoms with van der Waals surface area (Å²) in [5.41, 5.74) is 2.36. The molecule has 0 spiro atoms. The Balaban J connectivity index is 1.56. The van der Waals surface area contributed by atoms with E-state index in [-0.39, 0.29) is 18.0 Å². The van der Waals surface area contributed by atoms with Gasteiger partial charge in [-0.2, -0.15) is 4.98 Å². The van der Waals surface area contributed by atoms with Crippen LogP contribution in [-0.2, 0) is 0 Å². The molecule has 1 aliphatic rings. The molecule has 0 amide bonds. The van der Waals surface area contributed by atoms with Gasteiger partial charge in [-0.1, -0.05) is 29.8 Å². The van der Waals surface area contributed by atoms with Gasteiger partial charge >= 0.3 is 0 Å². The number of hydrogen-bond acceptors (Lipinski definition) is 6. The fourth-order valence-electron chi connectivity index (χ4n) is 4.08. The smallest absolute Gasteiger partial charge is 0.229 e. The summed E-state index contributed by atoms with van der Waals surface area (Å²) in [6.45, 7) is 0. The molecule has 2 heterocycles. The quantitative estimate of drug-likeness (QED) is 0.366. The van der Waals surface area contributed by atoms with E-state index in [0.29, 0.717) is 46.6 Å². The normalized spacial score (nSPS) is 18.6. The molecule has 164 valence electrons. The maximum absolute atomic E-state index is 14.3. The van der Waals surface area contributed by atoms with Crippen LogP contribution in [0, 0.1) is 5.82 Å². The van der Waals surface area contributed by atoms with Gasteiger partial charge in [-0.25, -0.2) is 14.4 Å². The second-order valence-corrected chi connectivity index (χ2v) is 8.35. The van der Waals surface area contributed by atoms with Crippen molar-refractivity contribution in [1.29, 1.82) is 0 Å². The molecule has 1 fully saturated rings. The van der Waals surface area contributed by atoms with E-state index in [1.165, 1.54) is 6.07 Å². The lowest BCUT2D eigenvalue weighted by Gasteiger charge is -2.28. The van der Waals surface area contributed by atoms with Crippen LogP contribution in [0.1, 0.15) is 31.7 Å². The number of aromatic nitrogens is 4. The Hall–Kier alpha value is -3.23. The summed E-state index contributed by atoms with van der Waals surface area (Å²) in [4.78, 5) is 13.8. The van der Waals surface area contributed by atoms with Gasteiger partial charge in [-0.05, 0) is 56.0 Å². The number of nitrogens with zero attached hydrogens (tertiary/aromatic N) is 4. The molecule has 0 aliphatic heterocycles. The molecule has 0 bridgehead atoms. The molecule has 9 heteroatoms. The number of aliphatic hydroxyl groups excluding tert-OH is 1. The Morgan fingerprint density at radius 1 is 1.00 bits per heavy atom. The van der Waals surface area contributed by atoms with Crippen LogP contribution >= 0.6 is 11.6 Å². The van der Waals surface area contributed by atoms with E-state index < -0.39 is 0 Å². The fraction of sp³-hybridized carbons (Fsp3) is 0.261. The van der Waals surface area contributed by atoms with E-state index in [4.69, 9.17) is 16.6 Å². The number of nitrogens with one attached hydrogen (secondary N) is 2. The van der Waals surface area contributed by atoms with E-state index in [2.05, 4.69) is 20.6 Å². The maximum Gasteiger partial charge on any atom is 0.229 e. The predicted octanol–water partition coefficient (Wildman–Crippen LogP) is 5.58. The molecule has 0 saturated heterocycles. The molecule has 0 atom stereocenters. The minimum Gasteiger partial charge on any atom is -0.393 e. The van der Waals surface area contributed by atoms with Crippen molar-refractivity contribution in [3.63, 3.8) is 0 Å². The van der Waals surface area contributed by atoms with Crippen LogP contribution < -0.4 is 10.6 Å². The lowest BCUT2D eigenvalue weighted by Crippen LogP contribution is -2.22. The molecule has 1 aliphatic carbocycles. The Kier molecular flexibility index (Phi) is 5.63. The number of para-hydroxylation sites is 1. The summed E-state index contributed by atoms with van der Waals surface area (Å²) in [6.07, 6.45) is 4.30.